The van der Waals surface area contributed by atoms with Crippen molar-refractivity contribution in [3.05, 3.63) is 52.2 Å². The van der Waals surface area contributed by atoms with Crippen molar-refractivity contribution in [1.82, 2.24) is 0 Å². The van der Waals surface area contributed by atoms with E-state index >= 15 is 0 Å². The second-order valence-electron chi connectivity index (χ2n) is 4.77. The van der Waals surface area contributed by atoms with Gasteiger partial charge in [0.1, 0.15) is 11.2 Å². The van der Waals surface area contributed by atoms with Gasteiger partial charge in [-0.15, -0.1) is 0 Å². The monoisotopic (exact) mass is 334 g/mol. The first-order valence-corrected chi connectivity index (χ1v) is 7.82. The summed E-state index contributed by atoms with van der Waals surface area (Å²) in [4.78, 5) is 23.6. The molecule has 0 saturated heterocycles. The average Bonchev–Trinajstić information content (AvgIpc) is 2.52. The predicted octanol–water partition coefficient (Wildman–Crippen LogP) is 1.98. The zero-order valence-electron chi connectivity index (χ0n) is 11.8. The Bertz CT molecular complexity index is 1110. The third-order valence-electron chi connectivity index (χ3n) is 3.36. The number of carbonyl (C=O) groups is 1. The Labute approximate surface area is 129 Å². The van der Waals surface area contributed by atoms with Crippen molar-refractivity contribution in [1.29, 1.82) is 0 Å². The first-order chi connectivity index (χ1) is 10.8. The van der Waals surface area contributed by atoms with Gasteiger partial charge in [-0.05, 0) is 30.3 Å². The van der Waals surface area contributed by atoms with E-state index in [0.717, 1.165) is 12.1 Å². The summed E-state index contributed by atoms with van der Waals surface area (Å²) in [5.41, 5.74) is -0.0267. The highest BCUT2D eigenvalue weighted by molar-refractivity contribution is 7.85. The molecule has 0 aliphatic rings. The standard InChI is InChI=1S/C15H10O7S/c1-21-15(17)8-2-5-12-11(6-8)14(16)10-4-3-9(23(18,19)20)7-13(10)22-12/h2-7H,1H3,(H,18,19,20). The van der Waals surface area contributed by atoms with E-state index in [0.29, 0.717) is 0 Å². The maximum Gasteiger partial charge on any atom is 0.337 e. The molecule has 0 aliphatic carbocycles. The van der Waals surface area contributed by atoms with Crippen LogP contribution in [0, 0.1) is 0 Å². The summed E-state index contributed by atoms with van der Waals surface area (Å²) in [7, 11) is -3.18. The fourth-order valence-corrected chi connectivity index (χ4v) is 2.74. The number of rotatable bonds is 2. The van der Waals surface area contributed by atoms with Gasteiger partial charge in [0, 0.05) is 6.07 Å². The molecule has 0 spiro atoms. The van der Waals surface area contributed by atoms with Crippen LogP contribution in [0.15, 0.2) is 50.5 Å². The number of hydrogen-bond acceptors (Lipinski definition) is 6. The van der Waals surface area contributed by atoms with Gasteiger partial charge in [-0.1, -0.05) is 0 Å². The first-order valence-electron chi connectivity index (χ1n) is 6.37. The highest BCUT2D eigenvalue weighted by Crippen LogP contribution is 2.22. The molecule has 2 aromatic carbocycles. The molecule has 3 aromatic rings. The van der Waals surface area contributed by atoms with Crippen molar-refractivity contribution in [3.8, 4) is 0 Å². The Kier molecular flexibility index (Phi) is 3.42. The van der Waals surface area contributed by atoms with E-state index in [9.17, 15) is 18.0 Å². The summed E-state index contributed by atoms with van der Waals surface area (Å²) in [5, 5.41) is 0.298. The molecule has 0 atom stereocenters. The maximum absolute atomic E-state index is 12.5. The summed E-state index contributed by atoms with van der Waals surface area (Å²) in [6, 6.07) is 7.61. The highest BCUT2D eigenvalue weighted by atomic mass is 32.2. The summed E-state index contributed by atoms with van der Waals surface area (Å²) in [5.74, 6) is -0.590. The number of esters is 1. The molecular formula is C15H10O7S. The molecule has 1 heterocycles. The molecule has 3 rings (SSSR count). The molecule has 0 unspecified atom stereocenters. The Balaban J connectivity index is 2.35. The molecule has 0 aliphatic heterocycles. The Morgan fingerprint density at radius 2 is 1.83 bits per heavy atom. The number of ether oxygens (including phenoxy) is 1. The van der Waals surface area contributed by atoms with Crippen LogP contribution in [0.4, 0.5) is 0 Å². The SMILES string of the molecule is COC(=O)c1ccc2oc3cc(S(=O)(=O)O)ccc3c(=O)c2c1. The Morgan fingerprint density at radius 1 is 1.09 bits per heavy atom. The van der Waals surface area contributed by atoms with Crippen molar-refractivity contribution in [2.45, 2.75) is 4.90 Å². The molecular weight excluding hydrogens is 324 g/mol. The second-order valence-corrected chi connectivity index (χ2v) is 6.19. The topological polar surface area (TPSA) is 111 Å². The lowest BCUT2D eigenvalue weighted by atomic mass is 10.1. The van der Waals surface area contributed by atoms with Gasteiger partial charge in [-0.3, -0.25) is 9.35 Å². The van der Waals surface area contributed by atoms with Gasteiger partial charge >= 0.3 is 5.97 Å². The van der Waals surface area contributed by atoms with E-state index in [-0.39, 0.29) is 32.4 Å². The van der Waals surface area contributed by atoms with Gasteiger partial charge < -0.3 is 9.15 Å². The molecule has 118 valence electrons. The molecule has 23 heavy (non-hydrogen) atoms. The number of carbonyl (C=O) groups excluding carboxylic acids is 1. The molecule has 0 fully saturated rings. The van der Waals surface area contributed by atoms with Crippen molar-refractivity contribution in [2.24, 2.45) is 0 Å². The van der Waals surface area contributed by atoms with E-state index in [1.165, 1.54) is 31.4 Å². The van der Waals surface area contributed by atoms with E-state index in [1.807, 2.05) is 0 Å². The summed E-state index contributed by atoms with van der Waals surface area (Å²) >= 11 is 0. The minimum absolute atomic E-state index is 0.0171. The van der Waals surface area contributed by atoms with Crippen molar-refractivity contribution < 1.29 is 26.9 Å². The van der Waals surface area contributed by atoms with Gasteiger partial charge in [0.05, 0.1) is 28.3 Å². The normalized spacial score (nSPS) is 11.7. The smallest absolute Gasteiger partial charge is 0.337 e. The van der Waals surface area contributed by atoms with Crippen molar-refractivity contribution in [2.75, 3.05) is 7.11 Å². The molecule has 7 nitrogen and oxygen atoms in total. The fraction of sp³-hybridized carbons (Fsp3) is 0.0667. The van der Waals surface area contributed by atoms with Crippen LogP contribution in [0.2, 0.25) is 0 Å². The number of benzene rings is 2. The number of fused-ring (bicyclic) bond motifs is 2. The van der Waals surface area contributed by atoms with Gasteiger partial charge in [-0.2, -0.15) is 8.42 Å². The molecule has 0 saturated carbocycles. The largest absolute Gasteiger partial charge is 0.465 e. The van der Waals surface area contributed by atoms with E-state index in [2.05, 4.69) is 4.74 Å². The van der Waals surface area contributed by atoms with Crippen LogP contribution in [-0.4, -0.2) is 26.0 Å². The van der Waals surface area contributed by atoms with Crippen molar-refractivity contribution >= 4 is 38.0 Å². The van der Waals surface area contributed by atoms with Gasteiger partial charge in [0.25, 0.3) is 10.1 Å². The van der Waals surface area contributed by atoms with Crippen molar-refractivity contribution in [3.63, 3.8) is 0 Å². The van der Waals surface area contributed by atoms with Gasteiger partial charge in [-0.25, -0.2) is 4.79 Å². The van der Waals surface area contributed by atoms with Crippen LogP contribution in [-0.2, 0) is 14.9 Å². The van der Waals surface area contributed by atoms with Crippen LogP contribution in [0.3, 0.4) is 0 Å². The summed E-state index contributed by atoms with van der Waals surface area (Å²) < 4.78 is 41.5. The quantitative estimate of drug-likeness (QED) is 0.433. The third kappa shape index (κ3) is 2.58. The van der Waals surface area contributed by atoms with Crippen LogP contribution in [0.1, 0.15) is 10.4 Å². The number of hydrogen-bond donors (Lipinski definition) is 1. The van der Waals surface area contributed by atoms with Crippen LogP contribution in [0.25, 0.3) is 21.9 Å². The van der Waals surface area contributed by atoms with Crippen LogP contribution in [0.5, 0.6) is 0 Å². The lowest BCUT2D eigenvalue weighted by Gasteiger charge is -2.04. The van der Waals surface area contributed by atoms with Crippen LogP contribution < -0.4 is 5.43 Å². The lowest BCUT2D eigenvalue weighted by Crippen LogP contribution is -2.06. The average molecular weight is 334 g/mol. The first kappa shape index (κ1) is 15.2. The summed E-state index contributed by atoms with van der Waals surface area (Å²) in [6.07, 6.45) is 0. The Hall–Kier alpha value is -2.71. The summed E-state index contributed by atoms with van der Waals surface area (Å²) in [6.45, 7) is 0. The van der Waals surface area contributed by atoms with Gasteiger partial charge in [0.2, 0.25) is 5.43 Å². The molecule has 0 bridgehead atoms. The molecule has 8 heteroatoms. The third-order valence-corrected chi connectivity index (χ3v) is 4.21. The maximum atomic E-state index is 12.5. The minimum Gasteiger partial charge on any atom is -0.465 e. The highest BCUT2D eigenvalue weighted by Gasteiger charge is 2.15. The molecule has 1 N–H and O–H groups in total. The molecule has 0 amide bonds. The Morgan fingerprint density at radius 3 is 2.48 bits per heavy atom. The molecule has 1 aromatic heterocycles. The fourth-order valence-electron chi connectivity index (χ4n) is 2.24. The van der Waals surface area contributed by atoms with Gasteiger partial charge in [0.15, 0.2) is 0 Å². The van der Waals surface area contributed by atoms with Crippen LogP contribution >= 0.6 is 0 Å². The van der Waals surface area contributed by atoms with E-state index < -0.39 is 21.5 Å². The predicted molar refractivity (Wildman–Crippen MR) is 81.1 cm³/mol. The molecule has 0 radical (unpaired) electrons. The van der Waals surface area contributed by atoms with E-state index in [4.69, 9.17) is 8.97 Å². The number of methoxy groups -OCH3 is 1. The zero-order chi connectivity index (χ0) is 16.8. The second kappa shape index (κ2) is 5.18. The lowest BCUT2D eigenvalue weighted by molar-refractivity contribution is 0.0601. The zero-order valence-corrected chi connectivity index (χ0v) is 12.6. The minimum atomic E-state index is -4.40. The van der Waals surface area contributed by atoms with E-state index in [1.54, 1.807) is 0 Å².